The first kappa shape index (κ1) is 20.6. The minimum Gasteiger partial charge on any atom is -0.462 e. The summed E-state index contributed by atoms with van der Waals surface area (Å²) in [6.07, 6.45) is 0.529. The van der Waals surface area contributed by atoms with Gasteiger partial charge in [0.2, 0.25) is 5.91 Å². The Hall–Kier alpha value is -2.67. The van der Waals surface area contributed by atoms with E-state index < -0.39 is 17.3 Å². The maximum absolute atomic E-state index is 12.9. The fraction of sp³-hybridized carbons (Fsp3) is 0.350. The Morgan fingerprint density at radius 2 is 1.81 bits per heavy atom. The van der Waals surface area contributed by atoms with E-state index in [0.717, 1.165) is 16.9 Å². The minimum absolute atomic E-state index is 0.180. The van der Waals surface area contributed by atoms with Crippen LogP contribution in [0.1, 0.15) is 51.9 Å². The van der Waals surface area contributed by atoms with E-state index in [1.807, 2.05) is 44.2 Å². The van der Waals surface area contributed by atoms with Gasteiger partial charge in [-0.3, -0.25) is 9.59 Å². The number of anilines is 1. The van der Waals surface area contributed by atoms with Crippen molar-refractivity contribution in [1.82, 2.24) is 0 Å². The second kappa shape index (κ2) is 8.35. The van der Waals surface area contributed by atoms with Gasteiger partial charge < -0.3 is 15.8 Å². The molecule has 0 atom stereocenters. The maximum Gasteiger partial charge on any atom is 0.341 e. The van der Waals surface area contributed by atoms with Crippen LogP contribution >= 0.6 is 11.3 Å². The molecule has 3 N–H and O–H groups in total. The van der Waals surface area contributed by atoms with Crippen LogP contribution in [0.2, 0.25) is 0 Å². The summed E-state index contributed by atoms with van der Waals surface area (Å²) in [5, 5.41) is 3.08. The molecular weight excluding hydrogens is 364 g/mol. The molecule has 2 aromatic rings. The van der Waals surface area contributed by atoms with Gasteiger partial charge in [-0.15, -0.1) is 11.3 Å². The Balaban J connectivity index is 2.32. The second-order valence-corrected chi connectivity index (χ2v) is 7.87. The van der Waals surface area contributed by atoms with Crippen molar-refractivity contribution in [2.24, 2.45) is 11.1 Å². The molecule has 144 valence electrons. The zero-order valence-corrected chi connectivity index (χ0v) is 16.7. The molecule has 0 saturated heterocycles. The van der Waals surface area contributed by atoms with Crippen molar-refractivity contribution in [2.75, 3.05) is 11.9 Å². The minimum atomic E-state index is -0.724. The molecule has 0 saturated carbocycles. The van der Waals surface area contributed by atoms with Crippen molar-refractivity contribution < 1.29 is 19.1 Å². The number of carbonyl (C=O) groups excluding carboxylic acids is 3. The quantitative estimate of drug-likeness (QED) is 0.709. The molecule has 0 radical (unpaired) electrons. The SMILES string of the molecule is CCOC(=O)c1c(NC(=O)C(C)(C)Cc2ccccc2)sc(C(N)=O)c1C. The van der Waals surface area contributed by atoms with Crippen molar-refractivity contribution in [2.45, 2.75) is 34.1 Å². The van der Waals surface area contributed by atoms with Crippen molar-refractivity contribution in [3.63, 3.8) is 0 Å². The molecule has 0 unspecified atom stereocenters. The zero-order valence-electron chi connectivity index (χ0n) is 15.9. The van der Waals surface area contributed by atoms with Gasteiger partial charge in [0.1, 0.15) is 5.00 Å². The van der Waals surface area contributed by atoms with E-state index in [4.69, 9.17) is 10.5 Å². The van der Waals surface area contributed by atoms with E-state index in [2.05, 4.69) is 5.32 Å². The Kier molecular flexibility index (Phi) is 6.38. The highest BCUT2D eigenvalue weighted by atomic mass is 32.1. The van der Waals surface area contributed by atoms with Crippen LogP contribution in [0.5, 0.6) is 0 Å². The van der Waals surface area contributed by atoms with Crippen LogP contribution in [-0.2, 0) is 16.0 Å². The predicted molar refractivity (Wildman–Crippen MR) is 106 cm³/mol. The van der Waals surface area contributed by atoms with Crippen LogP contribution in [0.4, 0.5) is 5.00 Å². The number of primary amides is 1. The molecule has 0 spiro atoms. The van der Waals surface area contributed by atoms with Gasteiger partial charge in [-0.2, -0.15) is 0 Å². The average molecular weight is 388 g/mol. The van der Waals surface area contributed by atoms with Gasteiger partial charge >= 0.3 is 5.97 Å². The maximum atomic E-state index is 12.9. The molecule has 1 aromatic carbocycles. The third-order valence-corrected chi connectivity index (χ3v) is 5.40. The van der Waals surface area contributed by atoms with Gasteiger partial charge in [-0.25, -0.2) is 4.79 Å². The standard InChI is InChI=1S/C20H24N2O4S/c1-5-26-18(24)14-12(2)15(16(21)23)27-17(14)22-19(25)20(3,4)11-13-9-7-6-8-10-13/h6-10H,5,11H2,1-4H3,(H2,21,23)(H,22,25). The summed E-state index contributed by atoms with van der Waals surface area (Å²) in [6.45, 7) is 7.15. The number of hydrogen-bond donors (Lipinski definition) is 2. The molecule has 0 bridgehead atoms. The molecule has 1 aromatic heterocycles. The first-order valence-electron chi connectivity index (χ1n) is 8.63. The van der Waals surface area contributed by atoms with Crippen LogP contribution < -0.4 is 11.1 Å². The van der Waals surface area contributed by atoms with E-state index in [1.165, 1.54) is 0 Å². The van der Waals surface area contributed by atoms with Crippen LogP contribution in [0.15, 0.2) is 30.3 Å². The van der Waals surface area contributed by atoms with Crippen molar-refractivity contribution in [1.29, 1.82) is 0 Å². The van der Waals surface area contributed by atoms with Crippen LogP contribution in [0, 0.1) is 12.3 Å². The molecule has 6 nitrogen and oxygen atoms in total. The van der Waals surface area contributed by atoms with Crippen LogP contribution in [0.25, 0.3) is 0 Å². The third-order valence-electron chi connectivity index (χ3n) is 4.18. The lowest BCUT2D eigenvalue weighted by Crippen LogP contribution is -2.33. The van der Waals surface area contributed by atoms with E-state index in [-0.39, 0.29) is 28.0 Å². The molecule has 1 heterocycles. The highest BCUT2D eigenvalue weighted by Crippen LogP contribution is 2.35. The summed E-state index contributed by atoms with van der Waals surface area (Å²) in [5.41, 5.74) is 6.30. The lowest BCUT2D eigenvalue weighted by molar-refractivity contribution is -0.123. The summed E-state index contributed by atoms with van der Waals surface area (Å²) >= 11 is 0.992. The van der Waals surface area contributed by atoms with Gasteiger partial charge in [0, 0.05) is 5.41 Å². The van der Waals surface area contributed by atoms with Gasteiger partial charge in [0.25, 0.3) is 5.91 Å². The number of hydrogen-bond acceptors (Lipinski definition) is 5. The van der Waals surface area contributed by atoms with Crippen LogP contribution in [0.3, 0.4) is 0 Å². The highest BCUT2D eigenvalue weighted by molar-refractivity contribution is 7.18. The van der Waals surface area contributed by atoms with Gasteiger partial charge in [0.05, 0.1) is 17.0 Å². The number of thiophene rings is 1. The molecule has 2 amide bonds. The number of carbonyl (C=O) groups is 3. The first-order valence-corrected chi connectivity index (χ1v) is 9.44. The van der Waals surface area contributed by atoms with Crippen LogP contribution in [-0.4, -0.2) is 24.4 Å². The Morgan fingerprint density at radius 1 is 1.19 bits per heavy atom. The van der Waals surface area contributed by atoms with Gasteiger partial charge in [-0.1, -0.05) is 44.2 Å². The summed E-state index contributed by atoms with van der Waals surface area (Å²) in [6, 6.07) is 9.68. The number of nitrogens with two attached hydrogens (primary N) is 1. The summed E-state index contributed by atoms with van der Waals surface area (Å²) < 4.78 is 5.07. The van der Waals surface area contributed by atoms with Crippen molar-refractivity contribution in [3.05, 3.63) is 51.9 Å². The fourth-order valence-electron chi connectivity index (χ4n) is 2.74. The molecular formula is C20H24N2O4S. The normalized spacial score (nSPS) is 11.1. The number of amides is 2. The average Bonchev–Trinajstić information content (AvgIpc) is 2.92. The monoisotopic (exact) mass is 388 g/mol. The smallest absolute Gasteiger partial charge is 0.341 e. The molecule has 2 rings (SSSR count). The summed E-state index contributed by atoms with van der Waals surface area (Å²) in [5.74, 6) is -1.49. The van der Waals surface area contributed by atoms with Gasteiger partial charge in [0.15, 0.2) is 0 Å². The molecule has 27 heavy (non-hydrogen) atoms. The Bertz CT molecular complexity index is 856. The fourth-order valence-corrected chi connectivity index (χ4v) is 3.79. The topological polar surface area (TPSA) is 98.5 Å². The molecule has 0 aliphatic carbocycles. The molecule has 0 fully saturated rings. The molecule has 0 aliphatic rings. The number of rotatable bonds is 7. The molecule has 7 heteroatoms. The largest absolute Gasteiger partial charge is 0.462 e. The highest BCUT2D eigenvalue weighted by Gasteiger charge is 2.31. The van der Waals surface area contributed by atoms with E-state index in [1.54, 1.807) is 13.8 Å². The first-order chi connectivity index (χ1) is 12.7. The second-order valence-electron chi connectivity index (χ2n) is 6.85. The lowest BCUT2D eigenvalue weighted by atomic mass is 9.85. The number of nitrogens with one attached hydrogen (secondary N) is 1. The number of benzene rings is 1. The predicted octanol–water partition coefficient (Wildman–Crippen LogP) is 3.54. The van der Waals surface area contributed by atoms with E-state index in [9.17, 15) is 14.4 Å². The Labute approximate surface area is 162 Å². The summed E-state index contributed by atoms with van der Waals surface area (Å²) in [4.78, 5) is 37.1. The zero-order chi connectivity index (χ0) is 20.2. The third kappa shape index (κ3) is 4.74. The molecule has 0 aliphatic heterocycles. The van der Waals surface area contributed by atoms with E-state index >= 15 is 0 Å². The van der Waals surface area contributed by atoms with Gasteiger partial charge in [-0.05, 0) is 31.4 Å². The van der Waals surface area contributed by atoms with E-state index in [0.29, 0.717) is 12.0 Å². The Morgan fingerprint density at radius 3 is 2.37 bits per heavy atom. The summed E-state index contributed by atoms with van der Waals surface area (Å²) in [7, 11) is 0. The number of esters is 1. The van der Waals surface area contributed by atoms with Crippen molar-refractivity contribution >= 4 is 34.1 Å². The van der Waals surface area contributed by atoms with Crippen molar-refractivity contribution in [3.8, 4) is 0 Å². The lowest BCUT2D eigenvalue weighted by Gasteiger charge is -2.23. The number of ether oxygens (including phenoxy) is 1.